The number of rotatable bonds is 0. The van der Waals surface area contributed by atoms with Crippen LogP contribution in [0.25, 0.3) is 0 Å². The van der Waals surface area contributed by atoms with E-state index in [1.165, 1.54) is 0 Å². The fraction of sp³-hybridized carbons (Fsp3) is 0. The van der Waals surface area contributed by atoms with E-state index in [0.717, 1.165) is 0 Å². The molecule has 0 heterocycles. The summed E-state index contributed by atoms with van der Waals surface area (Å²) in [5.41, 5.74) is 0. The van der Waals surface area contributed by atoms with Gasteiger partial charge in [0.25, 0.3) is 0 Å². The SMILES string of the molecule is F[C-](F)F.[Ag+]. The van der Waals surface area contributed by atoms with Crippen molar-refractivity contribution in [3.63, 3.8) is 0 Å². The fourth-order valence-corrected chi connectivity index (χ4v) is 0. The summed E-state index contributed by atoms with van der Waals surface area (Å²) < 4.78 is 28.8. The molecule has 0 spiro atoms. The van der Waals surface area contributed by atoms with E-state index in [-0.39, 0.29) is 22.4 Å². The van der Waals surface area contributed by atoms with Crippen LogP contribution in [0.3, 0.4) is 0 Å². The van der Waals surface area contributed by atoms with E-state index in [1.807, 2.05) is 0 Å². The first-order chi connectivity index (χ1) is 1.73. The molecule has 36 valence electrons. The fourth-order valence-electron chi connectivity index (χ4n) is 0. The molecule has 0 unspecified atom stereocenters. The van der Waals surface area contributed by atoms with Crippen molar-refractivity contribution < 1.29 is 35.6 Å². The summed E-state index contributed by atoms with van der Waals surface area (Å²) in [7, 11) is 0. The van der Waals surface area contributed by atoms with Gasteiger partial charge in [-0.15, -0.1) is 0 Å². The second-order valence-electron chi connectivity index (χ2n) is 0.214. The molecule has 0 aromatic heterocycles. The molecule has 0 fully saturated rings. The van der Waals surface area contributed by atoms with Gasteiger partial charge in [0, 0.05) is 0 Å². The predicted molar refractivity (Wildman–Crippen MR) is 6.57 cm³/mol. The van der Waals surface area contributed by atoms with Gasteiger partial charge in [-0.1, -0.05) is 0 Å². The van der Waals surface area contributed by atoms with Crippen LogP contribution in [-0.2, 0) is 22.4 Å². The minimum Gasteiger partial charge on any atom is -0.385 e. The van der Waals surface area contributed by atoms with Gasteiger partial charge in [-0.25, -0.2) is 0 Å². The van der Waals surface area contributed by atoms with Crippen LogP contribution in [0.15, 0.2) is 0 Å². The summed E-state index contributed by atoms with van der Waals surface area (Å²) >= 11 is 0. The third-order valence-corrected chi connectivity index (χ3v) is 0. The van der Waals surface area contributed by atoms with Crippen LogP contribution in [0.1, 0.15) is 0 Å². The molecule has 5 heavy (non-hydrogen) atoms. The van der Waals surface area contributed by atoms with Crippen LogP contribution < -0.4 is 0 Å². The smallest absolute Gasteiger partial charge is 0.385 e. The van der Waals surface area contributed by atoms with Gasteiger partial charge in [-0.05, 0) is 0 Å². The molecule has 0 atom stereocenters. The maximum absolute atomic E-state index is 9.58. The molecule has 0 aliphatic rings. The van der Waals surface area contributed by atoms with E-state index in [0.29, 0.717) is 0 Å². The molecule has 0 aromatic rings. The molecule has 0 rings (SSSR count). The van der Waals surface area contributed by atoms with Gasteiger partial charge in [-0.2, -0.15) is 0 Å². The van der Waals surface area contributed by atoms with Gasteiger partial charge >= 0.3 is 22.4 Å². The Morgan fingerprint density at radius 3 is 1.00 bits per heavy atom. The Balaban J connectivity index is 0. The van der Waals surface area contributed by atoms with Gasteiger partial charge in [0.1, 0.15) is 0 Å². The molecule has 0 aliphatic heterocycles. The molecule has 0 aromatic carbocycles. The largest absolute Gasteiger partial charge is 1.00 e. The Bertz CT molecular complexity index is 11.6. The molecule has 0 aliphatic carbocycles. The van der Waals surface area contributed by atoms with Crippen LogP contribution >= 0.6 is 0 Å². The van der Waals surface area contributed by atoms with Gasteiger partial charge in [0.15, 0.2) is 6.68 Å². The van der Waals surface area contributed by atoms with Crippen molar-refractivity contribution in [1.82, 2.24) is 0 Å². The Hall–Kier alpha value is 0.530. The number of hydrogen-bond donors (Lipinski definition) is 0. The molecule has 0 amide bonds. The Labute approximate surface area is 42.9 Å². The summed E-state index contributed by atoms with van der Waals surface area (Å²) in [6.07, 6.45) is 0. The Kier molecular flexibility index (Phi) is 8.25. The van der Waals surface area contributed by atoms with E-state index in [2.05, 4.69) is 0 Å². The third kappa shape index (κ3) is 103. The zero-order chi connectivity index (χ0) is 3.58. The molecule has 0 saturated heterocycles. The number of halogens is 3. The van der Waals surface area contributed by atoms with Crippen molar-refractivity contribution in [1.29, 1.82) is 0 Å². The van der Waals surface area contributed by atoms with Crippen molar-refractivity contribution in [2.75, 3.05) is 0 Å². The average molecular weight is 177 g/mol. The molecular weight excluding hydrogens is 177 g/mol. The second kappa shape index (κ2) is 4.53. The van der Waals surface area contributed by atoms with Crippen LogP contribution in [0, 0.1) is 6.68 Å². The minimum atomic E-state index is -3.08. The summed E-state index contributed by atoms with van der Waals surface area (Å²) in [4.78, 5) is 0. The predicted octanol–water partition coefficient (Wildman–Crippen LogP) is 1.34. The van der Waals surface area contributed by atoms with Crippen molar-refractivity contribution in [3.05, 3.63) is 6.68 Å². The van der Waals surface area contributed by atoms with E-state index >= 15 is 0 Å². The van der Waals surface area contributed by atoms with Crippen molar-refractivity contribution in [2.45, 2.75) is 0 Å². The van der Waals surface area contributed by atoms with Crippen LogP contribution in [-0.4, -0.2) is 0 Å². The quantitative estimate of drug-likeness (QED) is 0.386. The van der Waals surface area contributed by atoms with E-state index in [9.17, 15) is 13.2 Å². The second-order valence-corrected chi connectivity index (χ2v) is 0.214. The zero-order valence-corrected chi connectivity index (χ0v) is 3.42. The summed E-state index contributed by atoms with van der Waals surface area (Å²) in [5, 5.41) is 0. The van der Waals surface area contributed by atoms with E-state index in [4.69, 9.17) is 0 Å². The van der Waals surface area contributed by atoms with Crippen LogP contribution in [0.4, 0.5) is 13.2 Å². The van der Waals surface area contributed by atoms with Crippen LogP contribution in [0.2, 0.25) is 0 Å². The monoisotopic (exact) mass is 176 g/mol. The third-order valence-electron chi connectivity index (χ3n) is 0. The normalized spacial score (nSPS) is 7.20. The van der Waals surface area contributed by atoms with Crippen molar-refractivity contribution in [3.8, 4) is 0 Å². The van der Waals surface area contributed by atoms with Crippen LogP contribution in [0.5, 0.6) is 0 Å². The van der Waals surface area contributed by atoms with Crippen molar-refractivity contribution >= 4 is 0 Å². The van der Waals surface area contributed by atoms with Gasteiger partial charge in [0.2, 0.25) is 0 Å². The standard InChI is InChI=1S/CF3.Ag/c2-1(3)4;/q-1;+1. The molecular formula is CAgF3. The molecule has 0 saturated carbocycles. The first-order valence-corrected chi connectivity index (χ1v) is 0.567. The van der Waals surface area contributed by atoms with E-state index < -0.39 is 6.68 Å². The minimum absolute atomic E-state index is 0. The van der Waals surface area contributed by atoms with Gasteiger partial charge in [-0.3, -0.25) is 0 Å². The maximum Gasteiger partial charge on any atom is 1.00 e. The van der Waals surface area contributed by atoms with Gasteiger partial charge in [0.05, 0.1) is 0 Å². The Morgan fingerprint density at radius 2 is 1.00 bits per heavy atom. The van der Waals surface area contributed by atoms with E-state index in [1.54, 1.807) is 0 Å². The molecule has 0 bridgehead atoms. The maximum atomic E-state index is 9.58. The van der Waals surface area contributed by atoms with Crippen molar-refractivity contribution in [2.24, 2.45) is 0 Å². The summed E-state index contributed by atoms with van der Waals surface area (Å²) in [5.74, 6) is 0. The summed E-state index contributed by atoms with van der Waals surface area (Å²) in [6.45, 7) is -3.08. The Morgan fingerprint density at radius 1 is 1.00 bits per heavy atom. The molecule has 0 radical (unpaired) electrons. The first kappa shape index (κ1) is 9.11. The zero-order valence-electron chi connectivity index (χ0n) is 1.94. The topological polar surface area (TPSA) is 0 Å². The van der Waals surface area contributed by atoms with Gasteiger partial charge < -0.3 is 13.2 Å². The average Bonchev–Trinajstić information content (AvgIpc) is 0.811. The number of hydrogen-bond acceptors (Lipinski definition) is 0. The summed E-state index contributed by atoms with van der Waals surface area (Å²) in [6, 6.07) is 0. The first-order valence-electron chi connectivity index (χ1n) is 0.567. The molecule has 4 heteroatoms. The molecule has 0 nitrogen and oxygen atoms in total. The molecule has 0 N–H and O–H groups in total.